The summed E-state index contributed by atoms with van der Waals surface area (Å²) < 4.78 is 29.7. The summed E-state index contributed by atoms with van der Waals surface area (Å²) in [5.74, 6) is -0.00403. The van der Waals surface area contributed by atoms with Crippen molar-refractivity contribution >= 4 is 21.4 Å². The van der Waals surface area contributed by atoms with E-state index in [0.717, 1.165) is 12.8 Å². The van der Waals surface area contributed by atoms with Gasteiger partial charge in [-0.1, -0.05) is 18.0 Å². The summed E-state index contributed by atoms with van der Waals surface area (Å²) in [4.78, 5) is 16.2. The van der Waals surface area contributed by atoms with Crippen molar-refractivity contribution in [3.05, 3.63) is 21.8 Å². The highest BCUT2D eigenvalue weighted by Crippen LogP contribution is 2.31. The Morgan fingerprint density at radius 3 is 2.75 bits per heavy atom. The molecule has 0 spiro atoms. The molecule has 0 bridgehead atoms. The Kier molecular flexibility index (Phi) is 4.39. The number of nitrogens with zero attached hydrogens (tertiary/aromatic N) is 2. The molecule has 1 fully saturated rings. The van der Waals surface area contributed by atoms with Gasteiger partial charge in [-0.15, -0.1) is 0 Å². The van der Waals surface area contributed by atoms with E-state index >= 15 is 0 Å². The van der Waals surface area contributed by atoms with Crippen LogP contribution in [0.5, 0.6) is 5.75 Å². The highest BCUT2D eigenvalue weighted by Gasteiger charge is 2.30. The minimum atomic E-state index is -3.10. The normalized spacial score (nSPS) is 23.6. The van der Waals surface area contributed by atoms with Gasteiger partial charge in [-0.3, -0.25) is 9.36 Å². The molecule has 0 amide bonds. The predicted octanol–water partition coefficient (Wildman–Crippen LogP) is 1.43. The van der Waals surface area contributed by atoms with Gasteiger partial charge in [-0.25, -0.2) is 13.4 Å². The molecule has 112 valence electrons. The molecular formula is C12H17ClN2O4S. The molecule has 1 aliphatic carbocycles. The van der Waals surface area contributed by atoms with Crippen LogP contribution in [0.15, 0.2) is 11.1 Å². The van der Waals surface area contributed by atoms with Crippen molar-refractivity contribution in [2.75, 3.05) is 13.4 Å². The molecule has 1 heterocycles. The van der Waals surface area contributed by atoms with Crippen LogP contribution >= 0.6 is 11.6 Å². The lowest BCUT2D eigenvalue weighted by Crippen LogP contribution is -2.34. The van der Waals surface area contributed by atoms with Crippen molar-refractivity contribution < 1.29 is 13.2 Å². The summed E-state index contributed by atoms with van der Waals surface area (Å²) in [5.41, 5.74) is -0.369. The van der Waals surface area contributed by atoms with Gasteiger partial charge in [0.05, 0.1) is 18.7 Å². The van der Waals surface area contributed by atoms with Gasteiger partial charge in [-0.05, 0) is 19.3 Å². The van der Waals surface area contributed by atoms with Crippen LogP contribution < -0.4 is 10.3 Å². The van der Waals surface area contributed by atoms with Crippen molar-refractivity contribution in [2.45, 2.75) is 37.0 Å². The van der Waals surface area contributed by atoms with E-state index in [9.17, 15) is 13.2 Å². The molecule has 1 aliphatic rings. The fraction of sp³-hybridized carbons (Fsp3) is 0.667. The summed E-state index contributed by atoms with van der Waals surface area (Å²) in [6.45, 7) is 0. The Labute approximate surface area is 122 Å². The number of methoxy groups -OCH3 is 1. The average molecular weight is 321 g/mol. The first-order chi connectivity index (χ1) is 9.34. The molecule has 1 aromatic heterocycles. The van der Waals surface area contributed by atoms with Gasteiger partial charge in [0, 0.05) is 12.3 Å². The van der Waals surface area contributed by atoms with Crippen LogP contribution in [-0.4, -0.2) is 36.6 Å². The molecular weight excluding hydrogens is 304 g/mol. The Balaban J connectivity index is 2.35. The smallest absolute Gasteiger partial charge is 0.297 e. The Morgan fingerprint density at radius 1 is 1.45 bits per heavy atom. The first-order valence-corrected chi connectivity index (χ1v) is 8.67. The summed E-state index contributed by atoms with van der Waals surface area (Å²) in [6.07, 6.45) is 5.18. The van der Waals surface area contributed by atoms with Crippen molar-refractivity contribution in [3.63, 3.8) is 0 Å². The van der Waals surface area contributed by atoms with Gasteiger partial charge >= 0.3 is 0 Å². The number of rotatable bonds is 3. The van der Waals surface area contributed by atoms with Crippen molar-refractivity contribution in [2.24, 2.45) is 0 Å². The molecule has 6 nitrogen and oxygen atoms in total. The van der Waals surface area contributed by atoms with Gasteiger partial charge in [-0.2, -0.15) is 0 Å². The van der Waals surface area contributed by atoms with Crippen LogP contribution in [0.4, 0.5) is 0 Å². The van der Waals surface area contributed by atoms with E-state index in [1.54, 1.807) is 0 Å². The van der Waals surface area contributed by atoms with E-state index in [2.05, 4.69) is 4.98 Å². The van der Waals surface area contributed by atoms with E-state index in [4.69, 9.17) is 16.3 Å². The molecule has 1 saturated carbocycles. The van der Waals surface area contributed by atoms with Crippen LogP contribution in [0.1, 0.15) is 31.7 Å². The summed E-state index contributed by atoms with van der Waals surface area (Å²) >= 11 is 5.80. The quantitative estimate of drug-likeness (QED) is 0.787. The fourth-order valence-corrected chi connectivity index (χ4v) is 3.99. The zero-order valence-corrected chi connectivity index (χ0v) is 12.9. The van der Waals surface area contributed by atoms with E-state index in [-0.39, 0.29) is 22.5 Å². The van der Waals surface area contributed by atoms with Crippen LogP contribution in [-0.2, 0) is 9.84 Å². The van der Waals surface area contributed by atoms with Crippen molar-refractivity contribution in [1.82, 2.24) is 9.55 Å². The lowest BCUT2D eigenvalue weighted by molar-refractivity contribution is 0.331. The topological polar surface area (TPSA) is 78.3 Å². The minimum absolute atomic E-state index is 0.00403. The molecule has 0 N–H and O–H groups in total. The molecule has 1 aromatic rings. The molecule has 0 radical (unpaired) electrons. The van der Waals surface area contributed by atoms with Crippen LogP contribution in [0.3, 0.4) is 0 Å². The molecule has 2 unspecified atom stereocenters. The maximum Gasteiger partial charge on any atom is 0.297 e. The van der Waals surface area contributed by atoms with Gasteiger partial charge in [0.2, 0.25) is 5.75 Å². The summed E-state index contributed by atoms with van der Waals surface area (Å²) in [7, 11) is -1.74. The van der Waals surface area contributed by atoms with Gasteiger partial charge in [0.15, 0.2) is 5.15 Å². The number of sulfone groups is 1. The third-order valence-corrected chi connectivity index (χ3v) is 5.62. The van der Waals surface area contributed by atoms with Crippen LogP contribution in [0.25, 0.3) is 0 Å². The minimum Gasteiger partial charge on any atom is -0.489 e. The molecule has 2 atom stereocenters. The fourth-order valence-electron chi connectivity index (χ4n) is 2.62. The molecule has 0 aromatic carbocycles. The SMILES string of the molecule is COc1c(Cl)ncn(C2CCCC(S(C)(=O)=O)C2)c1=O. The zero-order valence-electron chi connectivity index (χ0n) is 11.4. The number of hydrogen-bond donors (Lipinski definition) is 0. The third kappa shape index (κ3) is 2.98. The second kappa shape index (κ2) is 5.73. The zero-order chi connectivity index (χ0) is 14.9. The predicted molar refractivity (Wildman–Crippen MR) is 76.2 cm³/mol. The molecule has 2 rings (SSSR count). The van der Waals surface area contributed by atoms with E-state index < -0.39 is 15.1 Å². The van der Waals surface area contributed by atoms with Gasteiger partial charge in [0.1, 0.15) is 9.84 Å². The summed E-state index contributed by atoms with van der Waals surface area (Å²) in [6, 6.07) is -0.186. The van der Waals surface area contributed by atoms with Gasteiger partial charge in [0.25, 0.3) is 5.56 Å². The van der Waals surface area contributed by atoms with Crippen molar-refractivity contribution in [1.29, 1.82) is 0 Å². The third-order valence-electron chi connectivity index (χ3n) is 3.71. The average Bonchev–Trinajstić information content (AvgIpc) is 2.38. The highest BCUT2D eigenvalue weighted by molar-refractivity contribution is 7.91. The number of halogens is 1. The van der Waals surface area contributed by atoms with Gasteiger partial charge < -0.3 is 4.74 Å². The number of hydrogen-bond acceptors (Lipinski definition) is 5. The monoisotopic (exact) mass is 320 g/mol. The van der Waals surface area contributed by atoms with E-state index in [1.807, 2.05) is 0 Å². The first kappa shape index (κ1) is 15.3. The molecule has 0 aliphatic heterocycles. The molecule has 8 heteroatoms. The molecule has 0 saturated heterocycles. The Hall–Kier alpha value is -1.08. The highest BCUT2D eigenvalue weighted by atomic mass is 35.5. The largest absolute Gasteiger partial charge is 0.489 e. The second-order valence-electron chi connectivity index (χ2n) is 5.05. The second-order valence-corrected chi connectivity index (χ2v) is 7.74. The maximum atomic E-state index is 12.2. The van der Waals surface area contributed by atoms with Crippen molar-refractivity contribution in [3.8, 4) is 5.75 Å². The standard InChI is InChI=1S/C12H17ClN2O4S/c1-19-10-11(13)14-7-15(12(10)16)8-4-3-5-9(6-8)20(2,17)18/h7-9H,3-6H2,1-2H3. The van der Waals surface area contributed by atoms with E-state index in [0.29, 0.717) is 12.8 Å². The maximum absolute atomic E-state index is 12.2. The van der Waals surface area contributed by atoms with Crippen LogP contribution in [0.2, 0.25) is 5.15 Å². The number of ether oxygens (including phenoxy) is 1. The number of aromatic nitrogens is 2. The Morgan fingerprint density at radius 2 is 2.15 bits per heavy atom. The first-order valence-electron chi connectivity index (χ1n) is 6.34. The summed E-state index contributed by atoms with van der Waals surface area (Å²) in [5, 5.41) is -0.390. The lowest BCUT2D eigenvalue weighted by Gasteiger charge is -2.29. The Bertz CT molecular complexity index is 656. The van der Waals surface area contributed by atoms with Crippen LogP contribution in [0, 0.1) is 0 Å². The van der Waals surface area contributed by atoms with E-state index in [1.165, 1.54) is 24.3 Å². The lowest BCUT2D eigenvalue weighted by atomic mass is 9.95. The molecule has 20 heavy (non-hydrogen) atoms.